The van der Waals surface area contributed by atoms with Crippen LogP contribution in [0.15, 0.2) is 243 Å². The Hall–Kier alpha value is -7.74. The molecule has 11 rings (SSSR count). The number of hydrogen-bond donors (Lipinski definition) is 0. The molecule has 1 nitrogen and oxygen atoms in total. The molecule has 0 amide bonds. The zero-order valence-corrected chi connectivity index (χ0v) is 33.1. The molecule has 1 aromatic heterocycles. The van der Waals surface area contributed by atoms with Crippen LogP contribution in [0.5, 0.6) is 0 Å². The summed E-state index contributed by atoms with van der Waals surface area (Å²) in [5, 5.41) is 5.01. The third-order valence-corrected chi connectivity index (χ3v) is 12.1. The lowest BCUT2D eigenvalue weighted by molar-refractivity contribution is 0.980. The Morgan fingerprint density at radius 3 is 1.68 bits per heavy atom. The van der Waals surface area contributed by atoms with E-state index in [9.17, 15) is 0 Å². The van der Waals surface area contributed by atoms with Crippen LogP contribution in [0.25, 0.3) is 82.8 Å². The molecule has 1 unspecified atom stereocenters. The minimum absolute atomic E-state index is 0.00898. The Bertz CT molecular complexity index is 3290. The van der Waals surface area contributed by atoms with Crippen molar-refractivity contribution in [2.45, 2.75) is 5.92 Å². The van der Waals surface area contributed by atoms with Gasteiger partial charge in [0.05, 0.1) is 11.0 Å². The van der Waals surface area contributed by atoms with Crippen molar-refractivity contribution in [1.82, 2.24) is 4.57 Å². The first kappa shape index (κ1) is 35.4. The smallest absolute Gasteiger partial charge is 0.0547 e. The van der Waals surface area contributed by atoms with Gasteiger partial charge in [0.1, 0.15) is 0 Å². The maximum absolute atomic E-state index is 2.43. The summed E-state index contributed by atoms with van der Waals surface area (Å²) in [6.45, 7) is 0. The molecule has 0 spiro atoms. The standard InChI is InChI=1S/C59H41N/c1-4-16-41(17-5-1)48-36-37-55-57(40-48)60(51-24-8-3-9-25-51)56-29-15-28-53(59(55)56)49-22-14-23-50(39-49)58(54-27-13-12-26-52(54)44-19-6-2-7-20-44)45-33-30-43(31-34-45)47-35-32-42-18-10-11-21-46(42)38-47/h1-40,58H. The fourth-order valence-corrected chi connectivity index (χ4v) is 9.28. The van der Waals surface area contributed by atoms with Crippen molar-refractivity contribution in [1.29, 1.82) is 0 Å². The van der Waals surface area contributed by atoms with Crippen molar-refractivity contribution < 1.29 is 0 Å². The van der Waals surface area contributed by atoms with Crippen LogP contribution in [-0.2, 0) is 0 Å². The van der Waals surface area contributed by atoms with Crippen molar-refractivity contribution in [3.63, 3.8) is 0 Å². The Kier molecular flexibility index (Phi) is 8.98. The molecule has 11 aromatic rings. The van der Waals surface area contributed by atoms with Crippen molar-refractivity contribution in [2.24, 2.45) is 0 Å². The van der Waals surface area contributed by atoms with E-state index in [1.54, 1.807) is 0 Å². The third kappa shape index (κ3) is 6.38. The van der Waals surface area contributed by atoms with Gasteiger partial charge < -0.3 is 4.57 Å². The summed E-state index contributed by atoms with van der Waals surface area (Å²) in [6, 6.07) is 88.8. The second kappa shape index (κ2) is 15.2. The summed E-state index contributed by atoms with van der Waals surface area (Å²) in [7, 11) is 0. The summed E-state index contributed by atoms with van der Waals surface area (Å²) < 4.78 is 2.43. The van der Waals surface area contributed by atoms with Gasteiger partial charge in [-0.2, -0.15) is 0 Å². The number of hydrogen-bond acceptors (Lipinski definition) is 0. The van der Waals surface area contributed by atoms with Gasteiger partial charge in [0.2, 0.25) is 0 Å². The van der Waals surface area contributed by atoms with Crippen LogP contribution in [-0.4, -0.2) is 4.57 Å². The number of fused-ring (bicyclic) bond motifs is 4. The first-order valence-electron chi connectivity index (χ1n) is 20.8. The Labute approximate surface area is 351 Å². The number of nitrogens with zero attached hydrogens (tertiary/aromatic N) is 1. The molecule has 0 bridgehead atoms. The van der Waals surface area contributed by atoms with Crippen LogP contribution in [0.3, 0.4) is 0 Å². The van der Waals surface area contributed by atoms with Crippen LogP contribution < -0.4 is 0 Å². The molecule has 0 fully saturated rings. The second-order valence-corrected chi connectivity index (χ2v) is 15.7. The van der Waals surface area contributed by atoms with E-state index in [0.29, 0.717) is 0 Å². The minimum Gasteiger partial charge on any atom is -0.309 e. The monoisotopic (exact) mass is 763 g/mol. The van der Waals surface area contributed by atoms with E-state index < -0.39 is 0 Å². The SMILES string of the molecule is c1ccc(-c2ccc3c4c(-c5cccc(C(c6ccc(-c7ccc8ccccc8c7)cc6)c6ccccc6-c6ccccc6)c5)cccc4n(-c4ccccc4)c3c2)cc1. The fraction of sp³-hybridized carbons (Fsp3) is 0.0169. The first-order valence-corrected chi connectivity index (χ1v) is 20.8. The normalized spacial score (nSPS) is 11.9. The molecule has 282 valence electrons. The highest BCUT2D eigenvalue weighted by Gasteiger charge is 2.23. The summed E-state index contributed by atoms with van der Waals surface area (Å²) in [4.78, 5) is 0. The van der Waals surface area contributed by atoms with Gasteiger partial charge in [0.15, 0.2) is 0 Å². The van der Waals surface area contributed by atoms with Gasteiger partial charge in [-0.3, -0.25) is 0 Å². The Morgan fingerprint density at radius 1 is 0.300 bits per heavy atom. The largest absolute Gasteiger partial charge is 0.309 e. The highest BCUT2D eigenvalue weighted by Crippen LogP contribution is 2.43. The molecular formula is C59H41N. The quantitative estimate of drug-likeness (QED) is 0.136. The Morgan fingerprint density at radius 2 is 0.883 bits per heavy atom. The van der Waals surface area contributed by atoms with Crippen molar-refractivity contribution in [2.75, 3.05) is 0 Å². The summed E-state index contributed by atoms with van der Waals surface area (Å²) in [5.74, 6) is -0.00898. The zero-order chi connectivity index (χ0) is 39.8. The zero-order valence-electron chi connectivity index (χ0n) is 33.1. The molecule has 1 atom stereocenters. The molecule has 0 N–H and O–H groups in total. The average Bonchev–Trinajstić information content (AvgIpc) is 3.67. The van der Waals surface area contributed by atoms with Crippen molar-refractivity contribution in [3.05, 3.63) is 259 Å². The molecule has 1 heteroatoms. The molecule has 0 radical (unpaired) electrons. The maximum atomic E-state index is 2.43. The molecule has 0 saturated carbocycles. The highest BCUT2D eigenvalue weighted by molar-refractivity contribution is 6.16. The van der Waals surface area contributed by atoms with Crippen molar-refractivity contribution in [3.8, 4) is 50.2 Å². The summed E-state index contributed by atoms with van der Waals surface area (Å²) in [6.07, 6.45) is 0. The molecule has 10 aromatic carbocycles. The first-order chi connectivity index (χ1) is 29.8. The predicted octanol–water partition coefficient (Wildman–Crippen LogP) is 15.8. The number of para-hydroxylation sites is 1. The highest BCUT2D eigenvalue weighted by atomic mass is 15.0. The van der Waals surface area contributed by atoms with Crippen molar-refractivity contribution >= 4 is 32.6 Å². The van der Waals surface area contributed by atoms with Gasteiger partial charge in [-0.15, -0.1) is 0 Å². The topological polar surface area (TPSA) is 4.93 Å². The number of aromatic nitrogens is 1. The van der Waals surface area contributed by atoms with E-state index in [2.05, 4.69) is 247 Å². The maximum Gasteiger partial charge on any atom is 0.0547 e. The number of benzene rings is 10. The lowest BCUT2D eigenvalue weighted by atomic mass is 9.80. The molecule has 0 saturated heterocycles. The van der Waals surface area contributed by atoms with Crippen LogP contribution in [0.2, 0.25) is 0 Å². The summed E-state index contributed by atoms with van der Waals surface area (Å²) in [5.41, 5.74) is 17.1. The van der Waals surface area contributed by atoms with Crippen LogP contribution in [0, 0.1) is 0 Å². The van der Waals surface area contributed by atoms with Gasteiger partial charge in [-0.05, 0) is 102 Å². The van der Waals surface area contributed by atoms with Gasteiger partial charge in [0, 0.05) is 22.4 Å². The Balaban J connectivity index is 1.09. The van der Waals surface area contributed by atoms with E-state index >= 15 is 0 Å². The minimum atomic E-state index is -0.00898. The van der Waals surface area contributed by atoms with E-state index in [4.69, 9.17) is 0 Å². The van der Waals surface area contributed by atoms with E-state index in [-0.39, 0.29) is 5.92 Å². The molecular weight excluding hydrogens is 723 g/mol. The van der Waals surface area contributed by atoms with E-state index in [1.165, 1.54) is 93.8 Å². The molecule has 1 heterocycles. The predicted molar refractivity (Wildman–Crippen MR) is 254 cm³/mol. The molecule has 0 aliphatic carbocycles. The van der Waals surface area contributed by atoms with E-state index in [0.717, 1.165) is 5.69 Å². The van der Waals surface area contributed by atoms with E-state index in [1.807, 2.05) is 0 Å². The van der Waals surface area contributed by atoms with Crippen LogP contribution in [0.4, 0.5) is 0 Å². The van der Waals surface area contributed by atoms with Gasteiger partial charge in [-0.25, -0.2) is 0 Å². The van der Waals surface area contributed by atoms with Gasteiger partial charge in [-0.1, -0.05) is 212 Å². The summed E-state index contributed by atoms with van der Waals surface area (Å²) >= 11 is 0. The second-order valence-electron chi connectivity index (χ2n) is 15.7. The average molecular weight is 764 g/mol. The lowest BCUT2D eigenvalue weighted by Gasteiger charge is -2.23. The fourth-order valence-electron chi connectivity index (χ4n) is 9.28. The van der Waals surface area contributed by atoms with Gasteiger partial charge in [0.25, 0.3) is 0 Å². The lowest BCUT2D eigenvalue weighted by Crippen LogP contribution is -2.06. The van der Waals surface area contributed by atoms with Crippen LogP contribution >= 0.6 is 0 Å². The van der Waals surface area contributed by atoms with Gasteiger partial charge >= 0.3 is 0 Å². The molecule has 0 aliphatic rings. The third-order valence-electron chi connectivity index (χ3n) is 12.1. The molecule has 0 aliphatic heterocycles. The van der Waals surface area contributed by atoms with Crippen LogP contribution in [0.1, 0.15) is 22.6 Å². The molecule has 60 heavy (non-hydrogen) atoms. The number of rotatable bonds is 8.